The van der Waals surface area contributed by atoms with E-state index >= 15 is 0 Å². The molecule has 0 radical (unpaired) electrons. The van der Waals surface area contributed by atoms with Gasteiger partial charge in [-0.15, -0.1) is 6.07 Å². The smallest absolute Gasteiger partial charge is 0.362 e. The fourth-order valence-corrected chi connectivity index (χ4v) is 1.25. The van der Waals surface area contributed by atoms with Gasteiger partial charge in [0.05, 0.1) is 24.7 Å². The average molecular weight is 303 g/mol. The first-order valence-corrected chi connectivity index (χ1v) is 4.68. The van der Waals surface area contributed by atoms with Crippen LogP contribution in [0, 0.1) is 12.6 Å². The summed E-state index contributed by atoms with van der Waals surface area (Å²) in [5.41, 5.74) is 0.578. The molecule has 16 heavy (non-hydrogen) atoms. The second-order valence-electron chi connectivity index (χ2n) is 3.09. The molecule has 0 amide bonds. The van der Waals surface area contributed by atoms with Gasteiger partial charge in [-0.3, -0.25) is 4.57 Å². The Labute approximate surface area is 109 Å². The maximum Gasteiger partial charge on any atom is 2.00 e. The van der Waals surface area contributed by atoms with Crippen LogP contribution in [-0.4, -0.2) is 5.78 Å². The van der Waals surface area contributed by atoms with Gasteiger partial charge in [-0.25, -0.2) is 0 Å². The maximum atomic E-state index is 11.7. The number of carbonyl (C=O) groups excluding carboxylic acids is 1. The van der Waals surface area contributed by atoms with Crippen molar-refractivity contribution in [2.24, 2.45) is 0 Å². The van der Waals surface area contributed by atoms with Crippen LogP contribution < -0.4 is 4.57 Å². The van der Waals surface area contributed by atoms with Crippen LogP contribution in [-0.2, 0) is 20.4 Å². The van der Waals surface area contributed by atoms with E-state index in [1.165, 1.54) is 6.54 Å². The Hall–Kier alpha value is -1.43. The van der Waals surface area contributed by atoms with Gasteiger partial charge in [-0.2, -0.15) is 29.8 Å². The molecule has 3 heteroatoms. The van der Waals surface area contributed by atoms with E-state index in [9.17, 15) is 4.79 Å². The Kier molecular flexibility index (Phi) is 4.91. The molecule has 2 nitrogen and oxygen atoms in total. The first-order chi connectivity index (χ1) is 7.36. The number of hydrogen-bond acceptors (Lipinski definition) is 1. The SMILES string of the molecule is O=C([CH-][n+]1ccccc1)c1[c-]cccc1.[Pd+2]. The van der Waals surface area contributed by atoms with E-state index in [0.29, 0.717) is 5.56 Å². The molecule has 0 aliphatic carbocycles. The normalized spacial score (nSPS) is 9.00. The summed E-state index contributed by atoms with van der Waals surface area (Å²) in [6.45, 7) is 1.53. The van der Waals surface area contributed by atoms with Crippen molar-refractivity contribution < 1.29 is 29.8 Å². The van der Waals surface area contributed by atoms with Crippen molar-refractivity contribution in [3.05, 3.63) is 73.0 Å². The summed E-state index contributed by atoms with van der Waals surface area (Å²) in [7, 11) is 0. The summed E-state index contributed by atoms with van der Waals surface area (Å²) in [6, 6.07) is 15.7. The monoisotopic (exact) mass is 302 g/mol. The van der Waals surface area contributed by atoms with E-state index in [1.54, 1.807) is 16.7 Å². The van der Waals surface area contributed by atoms with Gasteiger partial charge in [-0.05, 0) is 12.1 Å². The minimum atomic E-state index is -0.0493. The molecule has 0 fully saturated rings. The van der Waals surface area contributed by atoms with E-state index in [0.717, 1.165) is 0 Å². The van der Waals surface area contributed by atoms with Crippen molar-refractivity contribution in [3.8, 4) is 0 Å². The van der Waals surface area contributed by atoms with Crippen LogP contribution in [0.5, 0.6) is 0 Å². The molecule has 0 N–H and O–H groups in total. The zero-order valence-electron chi connectivity index (χ0n) is 8.45. The number of ketones is 1. The molecule has 2 aromatic rings. The second kappa shape index (κ2) is 6.22. The van der Waals surface area contributed by atoms with Crippen molar-refractivity contribution in [3.63, 3.8) is 0 Å². The first-order valence-electron chi connectivity index (χ1n) is 4.68. The standard InChI is InChI=1S/C13H10NO.Pd/c15-13(12-7-3-1-4-8-12)11-14-9-5-2-6-10-14;/h1-7,9-11H;/q-1;+2. The van der Waals surface area contributed by atoms with Gasteiger partial charge in [0.2, 0.25) is 0 Å². The molecule has 0 atom stereocenters. The summed E-state index contributed by atoms with van der Waals surface area (Å²) in [4.78, 5) is 11.7. The fourth-order valence-electron chi connectivity index (χ4n) is 1.25. The third-order valence-electron chi connectivity index (χ3n) is 1.98. The summed E-state index contributed by atoms with van der Waals surface area (Å²) < 4.78 is 1.73. The number of hydrogen-bond donors (Lipinski definition) is 0. The molecule has 0 bridgehead atoms. The molecular weight excluding hydrogens is 293 g/mol. The van der Waals surface area contributed by atoms with Gasteiger partial charge in [0.15, 0.2) is 0 Å². The summed E-state index contributed by atoms with van der Waals surface area (Å²) in [5.74, 6) is -0.0493. The molecule has 82 valence electrons. The number of nitrogens with zero attached hydrogens (tertiary/aromatic N) is 1. The Balaban J connectivity index is 0.00000128. The van der Waals surface area contributed by atoms with E-state index in [-0.39, 0.29) is 26.2 Å². The van der Waals surface area contributed by atoms with Crippen LogP contribution in [0.25, 0.3) is 0 Å². The predicted molar refractivity (Wildman–Crippen MR) is 55.9 cm³/mol. The molecule has 0 aliphatic heterocycles. The molecule has 0 unspecified atom stereocenters. The molecule has 1 aromatic heterocycles. The van der Waals surface area contributed by atoms with Crippen LogP contribution in [0.15, 0.2) is 54.9 Å². The van der Waals surface area contributed by atoms with Gasteiger partial charge in [0, 0.05) is 0 Å². The summed E-state index contributed by atoms with van der Waals surface area (Å²) >= 11 is 0. The molecule has 0 saturated carbocycles. The Morgan fingerprint density at radius 2 is 1.88 bits per heavy atom. The molecule has 0 spiro atoms. The van der Waals surface area contributed by atoms with Gasteiger partial charge in [0.1, 0.15) is 0 Å². The Morgan fingerprint density at radius 1 is 1.12 bits per heavy atom. The van der Waals surface area contributed by atoms with Crippen molar-refractivity contribution >= 4 is 5.78 Å². The van der Waals surface area contributed by atoms with Crippen molar-refractivity contribution in [2.75, 3.05) is 0 Å². The minimum Gasteiger partial charge on any atom is -0.362 e. The van der Waals surface area contributed by atoms with Crippen molar-refractivity contribution in [2.45, 2.75) is 0 Å². The summed E-state index contributed by atoms with van der Waals surface area (Å²) in [6.07, 6.45) is 3.64. The van der Waals surface area contributed by atoms with E-state index in [2.05, 4.69) is 6.07 Å². The number of rotatable bonds is 3. The van der Waals surface area contributed by atoms with Crippen molar-refractivity contribution in [1.29, 1.82) is 0 Å². The Morgan fingerprint density at radius 3 is 2.50 bits per heavy atom. The van der Waals surface area contributed by atoms with Crippen LogP contribution in [0.2, 0.25) is 0 Å². The zero-order valence-corrected chi connectivity index (χ0v) is 10.00. The largest absolute Gasteiger partial charge is 2.00 e. The quantitative estimate of drug-likeness (QED) is 0.366. The number of aromatic nitrogens is 1. The third-order valence-corrected chi connectivity index (χ3v) is 1.98. The average Bonchev–Trinajstić information content (AvgIpc) is 2.31. The maximum absolute atomic E-state index is 11.7. The Bertz CT molecular complexity index is 442. The molecule has 0 saturated heterocycles. The first kappa shape index (κ1) is 12.6. The minimum absolute atomic E-state index is 0. The predicted octanol–water partition coefficient (Wildman–Crippen LogP) is 1.66. The topological polar surface area (TPSA) is 20.9 Å². The molecule has 1 heterocycles. The van der Waals surface area contributed by atoms with Crippen LogP contribution in [0.1, 0.15) is 10.4 Å². The second-order valence-corrected chi connectivity index (χ2v) is 3.09. The van der Waals surface area contributed by atoms with E-state index in [1.807, 2.05) is 42.7 Å². The van der Waals surface area contributed by atoms with Gasteiger partial charge in [0.25, 0.3) is 0 Å². The molecule has 1 aromatic carbocycles. The van der Waals surface area contributed by atoms with Crippen LogP contribution in [0.4, 0.5) is 0 Å². The van der Waals surface area contributed by atoms with Gasteiger partial charge in [-0.1, -0.05) is 6.07 Å². The number of Topliss-reactive ketones (excluding diaryl/α,β-unsaturated/α-hetero) is 1. The van der Waals surface area contributed by atoms with Crippen LogP contribution >= 0.6 is 0 Å². The van der Waals surface area contributed by atoms with Gasteiger partial charge < -0.3 is 4.79 Å². The van der Waals surface area contributed by atoms with Crippen molar-refractivity contribution in [1.82, 2.24) is 0 Å². The number of carbonyl (C=O) groups is 1. The molecule has 2 rings (SSSR count). The fraction of sp³-hybridized carbons (Fsp3) is 0. The zero-order chi connectivity index (χ0) is 10.5. The number of benzene rings is 1. The molecular formula is C13H10NOPd+. The summed E-state index contributed by atoms with van der Waals surface area (Å²) in [5, 5.41) is 0. The van der Waals surface area contributed by atoms with E-state index in [4.69, 9.17) is 0 Å². The van der Waals surface area contributed by atoms with Gasteiger partial charge >= 0.3 is 20.4 Å². The molecule has 0 aliphatic rings. The number of pyridine rings is 1. The third kappa shape index (κ3) is 3.30. The van der Waals surface area contributed by atoms with Crippen LogP contribution in [0.3, 0.4) is 0 Å². The van der Waals surface area contributed by atoms with E-state index < -0.39 is 0 Å².